The zero-order chi connectivity index (χ0) is 48.4. The minimum absolute atomic E-state index is 0.809. The summed E-state index contributed by atoms with van der Waals surface area (Å²) < 4.78 is 87.9. The highest BCUT2D eigenvalue weighted by Crippen LogP contribution is 2.35. The zero-order valence-corrected chi connectivity index (χ0v) is 35.5. The summed E-state index contributed by atoms with van der Waals surface area (Å²) in [7, 11) is -5.24. The van der Waals surface area contributed by atoms with E-state index in [1.54, 1.807) is 0 Å². The smallest absolute Gasteiger partial charge is 0.394 e. The van der Waals surface area contributed by atoms with Gasteiger partial charge < -0.3 is 120 Å². The molecule has 2 amide bonds. The van der Waals surface area contributed by atoms with Crippen LogP contribution in [0, 0.1) is 0 Å². The SMILES string of the molecule is CC(=O)N[C@@H]1[C@@H](OC2O[C@H](CO)[C@H](O)[C@H](O)[C@H]2OC2O[C@@H](C)[C@@H](O)[C@@H](O)[C@@H]2O)[C@@H](O)[C@@H](COC2O[C@H](COS(=O)(=O)O)[C@@H](OC3O[C@H](CO)[C@H](O)[C@H](O)[C@H]3O)[C@H](O)[C@H]2NC(C)=O)O[C@H]1O. The number of hydrogen-bond donors (Lipinski definition) is 16. The second-order valence-corrected chi connectivity index (χ2v) is 17.1. The van der Waals surface area contributed by atoms with E-state index in [2.05, 4.69) is 14.8 Å². The third-order valence-corrected chi connectivity index (χ3v) is 11.7. The molecule has 5 saturated heterocycles. The highest BCUT2D eigenvalue weighted by atomic mass is 32.3. The number of hydrogen-bond acceptors (Lipinski definition) is 27. The van der Waals surface area contributed by atoms with Crippen molar-refractivity contribution in [3.63, 3.8) is 0 Å². The van der Waals surface area contributed by atoms with Crippen molar-refractivity contribution in [1.82, 2.24) is 10.6 Å². The van der Waals surface area contributed by atoms with Crippen molar-refractivity contribution in [2.45, 2.75) is 174 Å². The summed E-state index contributed by atoms with van der Waals surface area (Å²) >= 11 is 0. The molecule has 378 valence electrons. The van der Waals surface area contributed by atoms with Crippen LogP contribution in [0.3, 0.4) is 0 Å². The van der Waals surface area contributed by atoms with Crippen LogP contribution in [-0.4, -0.2) is 271 Å². The summed E-state index contributed by atoms with van der Waals surface area (Å²) in [5.41, 5.74) is 0. The molecule has 16 N–H and O–H groups in total. The second kappa shape index (κ2) is 22.6. The zero-order valence-electron chi connectivity index (χ0n) is 34.6. The third-order valence-electron chi connectivity index (χ3n) is 11.3. The lowest BCUT2D eigenvalue weighted by atomic mass is 9.94. The van der Waals surface area contributed by atoms with Crippen molar-refractivity contribution in [3.05, 3.63) is 0 Å². The number of ether oxygens (including phenoxy) is 9. The van der Waals surface area contributed by atoms with Gasteiger partial charge in [0.2, 0.25) is 11.8 Å². The largest absolute Gasteiger partial charge is 0.397 e. The maximum atomic E-state index is 12.4. The van der Waals surface area contributed by atoms with Gasteiger partial charge in [0, 0.05) is 13.8 Å². The molecule has 31 heteroatoms. The Morgan fingerprint density at radius 3 is 1.57 bits per heavy atom. The van der Waals surface area contributed by atoms with Crippen LogP contribution in [0.25, 0.3) is 0 Å². The number of aliphatic hydroxyl groups is 13. The number of nitrogens with one attached hydrogen (secondary N) is 2. The van der Waals surface area contributed by atoms with Gasteiger partial charge in [-0.15, -0.1) is 0 Å². The first kappa shape index (κ1) is 53.9. The molecule has 0 bridgehead atoms. The Balaban J connectivity index is 1.40. The monoisotopic (exact) mass is 974 g/mol. The first-order valence-electron chi connectivity index (χ1n) is 20.1. The maximum absolute atomic E-state index is 12.4. The first-order valence-corrected chi connectivity index (χ1v) is 21.5. The van der Waals surface area contributed by atoms with Gasteiger partial charge in [-0.05, 0) is 6.92 Å². The lowest BCUT2D eigenvalue weighted by Crippen LogP contribution is -2.69. The highest BCUT2D eigenvalue weighted by Gasteiger charge is 2.56. The average Bonchev–Trinajstić information content (AvgIpc) is 3.24. The fourth-order valence-corrected chi connectivity index (χ4v) is 8.10. The van der Waals surface area contributed by atoms with Crippen LogP contribution in [0.4, 0.5) is 0 Å². The molecule has 5 rings (SSSR count). The molecular weight excluding hydrogens is 916 g/mol. The van der Waals surface area contributed by atoms with Crippen molar-refractivity contribution in [2.24, 2.45) is 0 Å². The predicted molar refractivity (Wildman–Crippen MR) is 199 cm³/mol. The van der Waals surface area contributed by atoms with E-state index in [1.165, 1.54) is 6.92 Å². The quantitative estimate of drug-likeness (QED) is 0.0639. The number of aliphatic hydroxyl groups excluding tert-OH is 13. The lowest BCUT2D eigenvalue weighted by molar-refractivity contribution is -0.381. The fraction of sp³-hybridized carbons (Fsp3) is 0.941. The van der Waals surface area contributed by atoms with Crippen LogP contribution >= 0.6 is 0 Å². The van der Waals surface area contributed by atoms with Gasteiger partial charge in [0.05, 0.1) is 32.5 Å². The van der Waals surface area contributed by atoms with Crippen molar-refractivity contribution in [2.75, 3.05) is 26.4 Å². The molecular formula is C34H58N2O28S. The molecule has 30 nitrogen and oxygen atoms in total. The number of carbonyl (C=O) groups excluding carboxylic acids is 2. The summed E-state index contributed by atoms with van der Waals surface area (Å²) in [5.74, 6) is -1.65. The molecule has 65 heavy (non-hydrogen) atoms. The van der Waals surface area contributed by atoms with Crippen LogP contribution in [0.2, 0.25) is 0 Å². The molecule has 0 saturated carbocycles. The Hall–Kier alpha value is -2.07. The molecule has 25 atom stereocenters. The molecule has 5 fully saturated rings. The van der Waals surface area contributed by atoms with Crippen LogP contribution < -0.4 is 10.6 Å². The molecule has 0 radical (unpaired) electrons. The summed E-state index contributed by atoms with van der Waals surface area (Å²) in [5, 5.41) is 143. The van der Waals surface area contributed by atoms with E-state index in [1.807, 2.05) is 0 Å². The van der Waals surface area contributed by atoms with Gasteiger partial charge in [0.1, 0.15) is 116 Å². The topological polar surface area (TPSA) is 468 Å². The summed E-state index contributed by atoms with van der Waals surface area (Å²) in [6.45, 7) is -0.599. The molecule has 5 aliphatic heterocycles. The van der Waals surface area contributed by atoms with E-state index >= 15 is 0 Å². The predicted octanol–water partition coefficient (Wildman–Crippen LogP) is -10.8. The van der Waals surface area contributed by atoms with Gasteiger partial charge in [0.25, 0.3) is 0 Å². The van der Waals surface area contributed by atoms with Gasteiger partial charge in [-0.25, -0.2) is 4.18 Å². The van der Waals surface area contributed by atoms with Crippen molar-refractivity contribution in [1.29, 1.82) is 0 Å². The van der Waals surface area contributed by atoms with Gasteiger partial charge in [-0.1, -0.05) is 0 Å². The summed E-state index contributed by atoms with van der Waals surface area (Å²) in [4.78, 5) is 24.7. The van der Waals surface area contributed by atoms with Crippen LogP contribution in [0.1, 0.15) is 20.8 Å². The highest BCUT2D eigenvalue weighted by molar-refractivity contribution is 7.80. The molecule has 4 unspecified atom stereocenters. The minimum atomic E-state index is -5.24. The molecule has 5 heterocycles. The summed E-state index contributed by atoms with van der Waals surface area (Å²) in [6, 6.07) is -3.43. The minimum Gasteiger partial charge on any atom is -0.394 e. The number of carbonyl (C=O) groups is 2. The number of amides is 2. The fourth-order valence-electron chi connectivity index (χ4n) is 7.80. The Morgan fingerprint density at radius 2 is 1.00 bits per heavy atom. The standard InChI is InChI=1S/C34H58N2O28S/c1-8-17(41)22(46)25(49)32(57-8)64-29-24(48)19(43)12(5-38)60-34(29)63-28-16(36-10(3)40)30(51)58-13(20(28)44)6-55-31-15(35-9(2)39)21(45)27(14(61-31)7-56-65(52,53)54)62-33-26(50)23(47)18(42)11(4-37)59-33/h8,11-34,37-38,41-51H,4-7H2,1-3H3,(H,35,39)(H,36,40)(H,52,53,54)/t8-,11+,12+,13+,14+,15+,16+,17+,18-,19-,20-,21+,22+,23-,24-,25-,26+,27+,28+,29+,30+,31?,32?,33?,34?/m0/s1. The van der Waals surface area contributed by atoms with Crippen LogP contribution in [0.15, 0.2) is 0 Å². The van der Waals surface area contributed by atoms with Gasteiger partial charge >= 0.3 is 10.4 Å². The molecule has 0 spiro atoms. The van der Waals surface area contributed by atoms with E-state index < -0.39 is 202 Å². The Kier molecular flexibility index (Phi) is 18.7. The second-order valence-electron chi connectivity index (χ2n) is 16.0. The van der Waals surface area contributed by atoms with E-state index in [4.69, 9.17) is 42.6 Å². The lowest BCUT2D eigenvalue weighted by Gasteiger charge is -2.49. The van der Waals surface area contributed by atoms with E-state index in [-0.39, 0.29) is 0 Å². The first-order chi connectivity index (χ1) is 30.4. The van der Waals surface area contributed by atoms with Crippen molar-refractivity contribution in [3.8, 4) is 0 Å². The van der Waals surface area contributed by atoms with E-state index in [0.29, 0.717) is 0 Å². The van der Waals surface area contributed by atoms with Crippen molar-refractivity contribution < 1.29 is 136 Å². The number of rotatable bonds is 16. The Labute approximate surface area is 368 Å². The molecule has 0 aliphatic carbocycles. The Morgan fingerprint density at radius 1 is 0.508 bits per heavy atom. The summed E-state index contributed by atoms with van der Waals surface area (Å²) in [6.07, 6.45) is -42.7. The van der Waals surface area contributed by atoms with Crippen LogP contribution in [-0.2, 0) is 66.8 Å². The third kappa shape index (κ3) is 12.6. The average molecular weight is 975 g/mol. The van der Waals surface area contributed by atoms with Gasteiger partial charge in [-0.3, -0.25) is 14.1 Å². The van der Waals surface area contributed by atoms with E-state index in [9.17, 15) is 88.9 Å². The normalized spacial score (nSPS) is 47.5. The molecule has 5 aliphatic rings. The molecule has 0 aromatic carbocycles. The Bertz CT molecular complexity index is 1670. The van der Waals surface area contributed by atoms with Gasteiger partial charge in [-0.2, -0.15) is 8.42 Å². The van der Waals surface area contributed by atoms with Crippen molar-refractivity contribution >= 4 is 22.2 Å². The molecule has 0 aromatic rings. The van der Waals surface area contributed by atoms with Crippen LogP contribution in [0.5, 0.6) is 0 Å². The van der Waals surface area contributed by atoms with Gasteiger partial charge in [0.15, 0.2) is 31.5 Å². The maximum Gasteiger partial charge on any atom is 0.397 e. The molecule has 0 aromatic heterocycles. The van der Waals surface area contributed by atoms with E-state index in [0.717, 1.165) is 13.8 Å².